The van der Waals surface area contributed by atoms with Crippen LogP contribution in [0.4, 0.5) is 0 Å². The quantitative estimate of drug-likeness (QED) is 0.174. The summed E-state index contributed by atoms with van der Waals surface area (Å²) in [5, 5.41) is 6.72. The molecule has 0 saturated carbocycles. The summed E-state index contributed by atoms with van der Waals surface area (Å²) in [5.41, 5.74) is 9.18. The first-order valence-corrected chi connectivity index (χ1v) is 17.1. The normalized spacial score (nSPS) is 11.5. The molecule has 0 atom stereocenters. The monoisotopic (exact) mass is 651 g/mol. The molecule has 0 aliphatic carbocycles. The van der Waals surface area contributed by atoms with Crippen LogP contribution in [0.1, 0.15) is 0 Å². The standard InChI is InChI=1S/C47H29N3O/c1-2-9-30(10-3-1)31-17-19-32(20-18-31)33-21-25-36(26-22-33)45-48-46(37-27-28-43-41(29-37)39-14-6-7-16-42(39)51-43)50-47(49-45)40-15-8-12-35-24-23-34-11-4-5-13-38(34)44(35)40/h1-29H. The highest BCUT2D eigenvalue weighted by molar-refractivity contribution is 6.13. The molecule has 4 nitrogen and oxygen atoms in total. The van der Waals surface area contributed by atoms with Gasteiger partial charge in [-0.3, -0.25) is 0 Å². The van der Waals surface area contributed by atoms with Gasteiger partial charge in [-0.2, -0.15) is 0 Å². The minimum Gasteiger partial charge on any atom is -0.456 e. The second kappa shape index (κ2) is 11.9. The Morgan fingerprint density at radius 3 is 1.61 bits per heavy atom. The number of fused-ring (bicyclic) bond motifs is 6. The molecule has 2 aromatic heterocycles. The van der Waals surface area contributed by atoms with Crippen molar-refractivity contribution in [2.45, 2.75) is 0 Å². The lowest BCUT2D eigenvalue weighted by molar-refractivity contribution is 0.669. The van der Waals surface area contributed by atoms with Crippen LogP contribution in [0.3, 0.4) is 0 Å². The molecule has 0 N–H and O–H groups in total. The summed E-state index contributed by atoms with van der Waals surface area (Å²) in [7, 11) is 0. The van der Waals surface area contributed by atoms with Crippen molar-refractivity contribution in [1.29, 1.82) is 0 Å². The zero-order chi connectivity index (χ0) is 33.7. The molecule has 0 amide bonds. The first kappa shape index (κ1) is 29.0. The maximum absolute atomic E-state index is 6.14. The molecule has 0 fully saturated rings. The summed E-state index contributed by atoms with van der Waals surface area (Å²) in [6.45, 7) is 0. The Labute approximate surface area is 294 Å². The van der Waals surface area contributed by atoms with E-state index in [0.29, 0.717) is 17.5 Å². The maximum atomic E-state index is 6.14. The fourth-order valence-corrected chi connectivity index (χ4v) is 7.16. The fourth-order valence-electron chi connectivity index (χ4n) is 7.16. The van der Waals surface area contributed by atoms with Gasteiger partial charge in [-0.05, 0) is 62.7 Å². The molecule has 0 aliphatic heterocycles. The van der Waals surface area contributed by atoms with E-state index in [0.717, 1.165) is 60.5 Å². The van der Waals surface area contributed by atoms with E-state index >= 15 is 0 Å². The van der Waals surface area contributed by atoms with Crippen molar-refractivity contribution < 1.29 is 4.42 Å². The number of furan rings is 1. The second-order valence-electron chi connectivity index (χ2n) is 12.8. The summed E-state index contributed by atoms with van der Waals surface area (Å²) in [6, 6.07) is 61.1. The van der Waals surface area contributed by atoms with Gasteiger partial charge in [0.05, 0.1) is 0 Å². The first-order valence-electron chi connectivity index (χ1n) is 17.1. The summed E-state index contributed by atoms with van der Waals surface area (Å²) >= 11 is 0. The van der Waals surface area contributed by atoms with Crippen LogP contribution in [0.5, 0.6) is 0 Å². The fraction of sp³-hybridized carbons (Fsp3) is 0. The third kappa shape index (κ3) is 5.13. The van der Waals surface area contributed by atoms with E-state index in [1.807, 2.05) is 36.4 Å². The predicted octanol–water partition coefficient (Wildman–Crippen LogP) is 12.4. The summed E-state index contributed by atoms with van der Waals surface area (Å²) in [4.78, 5) is 15.4. The molecule has 0 radical (unpaired) electrons. The molecule has 2 heterocycles. The lowest BCUT2D eigenvalue weighted by Crippen LogP contribution is -2.00. The van der Waals surface area contributed by atoms with E-state index in [-0.39, 0.29) is 0 Å². The van der Waals surface area contributed by atoms with Gasteiger partial charge in [-0.25, -0.2) is 15.0 Å². The first-order chi connectivity index (χ1) is 25.2. The van der Waals surface area contributed by atoms with Gasteiger partial charge in [0.2, 0.25) is 0 Å². The molecule has 8 aromatic carbocycles. The molecule has 51 heavy (non-hydrogen) atoms. The van der Waals surface area contributed by atoms with Crippen LogP contribution in [0, 0.1) is 0 Å². The number of para-hydroxylation sites is 1. The van der Waals surface area contributed by atoms with Gasteiger partial charge in [0, 0.05) is 32.8 Å². The van der Waals surface area contributed by atoms with Crippen LogP contribution >= 0.6 is 0 Å². The van der Waals surface area contributed by atoms with Gasteiger partial charge in [-0.1, -0.05) is 152 Å². The SMILES string of the molecule is c1ccc(-c2ccc(-c3ccc(-c4nc(-c5ccc6oc7ccccc7c6c5)nc(-c5cccc6ccc7ccccc7c56)n4)cc3)cc2)cc1. The molecule has 238 valence electrons. The van der Waals surface area contributed by atoms with Crippen LogP contribution in [0.15, 0.2) is 180 Å². The molecule has 0 bridgehead atoms. The number of hydrogen-bond donors (Lipinski definition) is 0. The van der Waals surface area contributed by atoms with Gasteiger partial charge >= 0.3 is 0 Å². The van der Waals surface area contributed by atoms with Crippen LogP contribution in [-0.2, 0) is 0 Å². The van der Waals surface area contributed by atoms with Crippen molar-refractivity contribution in [1.82, 2.24) is 15.0 Å². The van der Waals surface area contributed by atoms with E-state index in [1.165, 1.54) is 21.9 Å². The third-order valence-electron chi connectivity index (χ3n) is 9.75. The highest BCUT2D eigenvalue weighted by atomic mass is 16.3. The highest BCUT2D eigenvalue weighted by Crippen LogP contribution is 2.36. The number of aromatic nitrogens is 3. The minimum atomic E-state index is 0.611. The molecular weight excluding hydrogens is 623 g/mol. The van der Waals surface area contributed by atoms with E-state index in [4.69, 9.17) is 19.4 Å². The Balaban J connectivity index is 1.12. The summed E-state index contributed by atoms with van der Waals surface area (Å²) in [5.74, 6) is 1.87. The van der Waals surface area contributed by atoms with Crippen LogP contribution in [-0.4, -0.2) is 15.0 Å². The number of nitrogens with zero attached hydrogens (tertiary/aromatic N) is 3. The lowest BCUT2D eigenvalue weighted by Gasteiger charge is -2.12. The van der Waals surface area contributed by atoms with Gasteiger partial charge in [0.25, 0.3) is 0 Å². The maximum Gasteiger partial charge on any atom is 0.164 e. The number of benzene rings is 8. The smallest absolute Gasteiger partial charge is 0.164 e. The van der Waals surface area contributed by atoms with Crippen LogP contribution < -0.4 is 0 Å². The lowest BCUT2D eigenvalue weighted by atomic mass is 9.97. The number of hydrogen-bond acceptors (Lipinski definition) is 4. The molecule has 10 rings (SSSR count). The van der Waals surface area contributed by atoms with Crippen molar-refractivity contribution in [2.75, 3.05) is 0 Å². The van der Waals surface area contributed by atoms with Gasteiger partial charge in [0.15, 0.2) is 17.5 Å². The molecule has 0 saturated heterocycles. The Kier molecular flexibility index (Phi) is 6.78. The summed E-state index contributed by atoms with van der Waals surface area (Å²) in [6.07, 6.45) is 0. The van der Waals surface area contributed by atoms with Crippen LogP contribution in [0.25, 0.3) is 99.9 Å². The van der Waals surface area contributed by atoms with E-state index < -0.39 is 0 Å². The van der Waals surface area contributed by atoms with Crippen molar-refractivity contribution in [3.8, 4) is 56.4 Å². The summed E-state index contributed by atoms with van der Waals surface area (Å²) < 4.78 is 6.14. The van der Waals surface area contributed by atoms with Gasteiger partial charge in [0.1, 0.15) is 11.2 Å². The van der Waals surface area contributed by atoms with Crippen molar-refractivity contribution >= 4 is 43.5 Å². The molecule has 0 spiro atoms. The number of rotatable bonds is 5. The van der Waals surface area contributed by atoms with Gasteiger partial charge < -0.3 is 4.42 Å². The highest BCUT2D eigenvalue weighted by Gasteiger charge is 2.17. The minimum absolute atomic E-state index is 0.611. The third-order valence-corrected chi connectivity index (χ3v) is 9.75. The Morgan fingerprint density at radius 2 is 0.843 bits per heavy atom. The van der Waals surface area contributed by atoms with E-state index in [9.17, 15) is 0 Å². The van der Waals surface area contributed by atoms with Crippen molar-refractivity contribution in [2.24, 2.45) is 0 Å². The van der Waals surface area contributed by atoms with Crippen LogP contribution in [0.2, 0.25) is 0 Å². The molecule has 4 heteroatoms. The van der Waals surface area contributed by atoms with Gasteiger partial charge in [-0.15, -0.1) is 0 Å². The Morgan fingerprint density at radius 1 is 0.314 bits per heavy atom. The Hall–Kier alpha value is -6.91. The second-order valence-corrected chi connectivity index (χ2v) is 12.8. The molecule has 10 aromatic rings. The topological polar surface area (TPSA) is 51.8 Å². The van der Waals surface area contributed by atoms with E-state index in [1.54, 1.807) is 0 Å². The van der Waals surface area contributed by atoms with Crippen molar-refractivity contribution in [3.05, 3.63) is 176 Å². The average molecular weight is 652 g/mol. The zero-order valence-corrected chi connectivity index (χ0v) is 27.5. The molecule has 0 aliphatic rings. The van der Waals surface area contributed by atoms with Crippen molar-refractivity contribution in [3.63, 3.8) is 0 Å². The zero-order valence-electron chi connectivity index (χ0n) is 27.5. The average Bonchev–Trinajstić information content (AvgIpc) is 3.59. The van der Waals surface area contributed by atoms with E-state index in [2.05, 4.69) is 140 Å². The Bertz CT molecular complexity index is 2890. The molecular formula is C47H29N3O. The molecule has 0 unspecified atom stereocenters. The largest absolute Gasteiger partial charge is 0.456 e. The predicted molar refractivity (Wildman–Crippen MR) is 209 cm³/mol.